The number of hydrogen-bond donors (Lipinski definition) is 1. The molecule has 1 N–H and O–H groups in total. The van der Waals surface area contributed by atoms with Crippen molar-refractivity contribution in [2.75, 3.05) is 6.26 Å². The zero-order valence-corrected chi connectivity index (χ0v) is 14.0. The first kappa shape index (κ1) is 17.2. The van der Waals surface area contributed by atoms with Crippen LogP contribution in [0.4, 0.5) is 0 Å². The fourth-order valence-electron chi connectivity index (χ4n) is 2.78. The fourth-order valence-corrected chi connectivity index (χ4v) is 3.13. The Morgan fingerprint density at radius 1 is 1.16 bits per heavy atom. The SMILES string of the molecule is CS(=O)(=O)OCc1ccc2c(c1)C(=O)N(C1CCC(=O)NC1=O)C2=O. The third-order valence-corrected chi connectivity index (χ3v) is 4.49. The molecule has 2 aliphatic heterocycles. The van der Waals surface area contributed by atoms with Gasteiger partial charge in [0, 0.05) is 6.42 Å². The van der Waals surface area contributed by atoms with Gasteiger partial charge in [-0.3, -0.25) is 33.6 Å². The smallest absolute Gasteiger partial charge is 0.264 e. The molecule has 3 rings (SSSR count). The van der Waals surface area contributed by atoms with Crippen LogP contribution in [0.2, 0.25) is 0 Å². The van der Waals surface area contributed by atoms with Gasteiger partial charge in [0.15, 0.2) is 0 Å². The average molecular weight is 366 g/mol. The molecule has 0 saturated carbocycles. The van der Waals surface area contributed by atoms with Crippen LogP contribution in [-0.4, -0.2) is 49.2 Å². The van der Waals surface area contributed by atoms with Crippen molar-refractivity contribution in [1.82, 2.24) is 10.2 Å². The largest absolute Gasteiger partial charge is 0.295 e. The van der Waals surface area contributed by atoms with E-state index in [0.29, 0.717) is 5.56 Å². The highest BCUT2D eigenvalue weighted by Gasteiger charge is 2.44. The second-order valence-electron chi connectivity index (χ2n) is 5.79. The topological polar surface area (TPSA) is 127 Å². The van der Waals surface area contributed by atoms with Crippen LogP contribution in [0.3, 0.4) is 0 Å². The van der Waals surface area contributed by atoms with Crippen LogP contribution in [0.15, 0.2) is 18.2 Å². The highest BCUT2D eigenvalue weighted by molar-refractivity contribution is 7.85. The van der Waals surface area contributed by atoms with E-state index < -0.39 is 39.8 Å². The highest BCUT2D eigenvalue weighted by atomic mass is 32.2. The summed E-state index contributed by atoms with van der Waals surface area (Å²) < 4.78 is 26.8. The first-order valence-corrected chi connectivity index (χ1v) is 9.18. The number of nitrogens with one attached hydrogen (secondary N) is 1. The molecule has 132 valence electrons. The number of hydrogen-bond acceptors (Lipinski definition) is 7. The molecule has 1 aromatic carbocycles. The van der Waals surface area contributed by atoms with Gasteiger partial charge in [-0.15, -0.1) is 0 Å². The standard InChI is InChI=1S/C15H14N2O7S/c1-25(22,23)24-7-8-2-3-9-10(6-8)15(21)17(14(9)20)11-4-5-12(18)16-13(11)19/h2-3,6,11H,4-5,7H2,1H3,(H,16,18,19). The Kier molecular flexibility index (Phi) is 4.17. The quantitative estimate of drug-likeness (QED) is 0.565. The minimum Gasteiger partial charge on any atom is -0.295 e. The lowest BCUT2D eigenvalue weighted by Gasteiger charge is -2.27. The number of carbonyl (C=O) groups is 4. The maximum atomic E-state index is 12.6. The Bertz CT molecular complexity index is 906. The minimum atomic E-state index is -3.65. The van der Waals surface area contributed by atoms with Crippen LogP contribution < -0.4 is 5.32 Å². The van der Waals surface area contributed by atoms with Gasteiger partial charge < -0.3 is 0 Å². The molecule has 1 unspecified atom stereocenters. The number of fused-ring (bicyclic) bond motifs is 1. The Balaban J connectivity index is 1.86. The molecule has 25 heavy (non-hydrogen) atoms. The molecule has 0 radical (unpaired) electrons. The van der Waals surface area contributed by atoms with Crippen molar-refractivity contribution in [3.63, 3.8) is 0 Å². The molecule has 1 saturated heterocycles. The number of nitrogens with zero attached hydrogens (tertiary/aromatic N) is 1. The van der Waals surface area contributed by atoms with E-state index in [1.807, 2.05) is 0 Å². The monoisotopic (exact) mass is 366 g/mol. The van der Waals surface area contributed by atoms with Gasteiger partial charge in [-0.05, 0) is 24.1 Å². The average Bonchev–Trinajstić information content (AvgIpc) is 2.77. The summed E-state index contributed by atoms with van der Waals surface area (Å²) in [4.78, 5) is 49.1. The van der Waals surface area contributed by atoms with Crippen LogP contribution in [0.5, 0.6) is 0 Å². The Labute approximate surface area is 143 Å². The van der Waals surface area contributed by atoms with Gasteiger partial charge in [0.25, 0.3) is 21.9 Å². The van der Waals surface area contributed by atoms with E-state index in [4.69, 9.17) is 0 Å². The van der Waals surface area contributed by atoms with E-state index in [2.05, 4.69) is 9.50 Å². The minimum absolute atomic E-state index is 0.0389. The maximum absolute atomic E-state index is 12.6. The van der Waals surface area contributed by atoms with Gasteiger partial charge in [0.05, 0.1) is 24.0 Å². The van der Waals surface area contributed by atoms with Gasteiger partial charge in [0.2, 0.25) is 11.8 Å². The molecule has 1 aromatic rings. The van der Waals surface area contributed by atoms with Crippen LogP contribution >= 0.6 is 0 Å². The van der Waals surface area contributed by atoms with E-state index in [1.165, 1.54) is 18.2 Å². The van der Waals surface area contributed by atoms with Crippen LogP contribution in [0, 0.1) is 0 Å². The van der Waals surface area contributed by atoms with Gasteiger partial charge in [-0.1, -0.05) is 6.07 Å². The molecule has 10 heteroatoms. The molecule has 0 aromatic heterocycles. The number of benzene rings is 1. The number of rotatable bonds is 4. The van der Waals surface area contributed by atoms with Gasteiger partial charge in [0.1, 0.15) is 6.04 Å². The molecule has 2 heterocycles. The van der Waals surface area contributed by atoms with Crippen molar-refractivity contribution in [1.29, 1.82) is 0 Å². The van der Waals surface area contributed by atoms with Crippen molar-refractivity contribution in [2.24, 2.45) is 0 Å². The molecule has 9 nitrogen and oxygen atoms in total. The molecular weight excluding hydrogens is 352 g/mol. The highest BCUT2D eigenvalue weighted by Crippen LogP contribution is 2.28. The molecule has 1 atom stereocenters. The van der Waals surface area contributed by atoms with E-state index in [1.54, 1.807) is 0 Å². The number of amides is 4. The van der Waals surface area contributed by atoms with Crippen LogP contribution in [0.25, 0.3) is 0 Å². The first-order valence-electron chi connectivity index (χ1n) is 7.36. The van der Waals surface area contributed by atoms with Crippen molar-refractivity contribution >= 4 is 33.7 Å². The normalized spacial score (nSPS) is 20.7. The summed E-state index contributed by atoms with van der Waals surface area (Å²) in [7, 11) is -3.65. The molecule has 4 amide bonds. The summed E-state index contributed by atoms with van der Waals surface area (Å²) in [5.41, 5.74) is 0.595. The van der Waals surface area contributed by atoms with E-state index in [-0.39, 0.29) is 30.6 Å². The summed E-state index contributed by atoms with van der Waals surface area (Å²) in [5.74, 6) is -2.41. The van der Waals surface area contributed by atoms with Gasteiger partial charge in [-0.25, -0.2) is 0 Å². The van der Waals surface area contributed by atoms with E-state index in [9.17, 15) is 27.6 Å². The predicted octanol–water partition coefficient (Wildman–Crippen LogP) is -0.436. The van der Waals surface area contributed by atoms with Crippen molar-refractivity contribution < 1.29 is 31.8 Å². The zero-order chi connectivity index (χ0) is 18.4. The summed E-state index contributed by atoms with van der Waals surface area (Å²) in [6.07, 6.45) is 1.01. The first-order chi connectivity index (χ1) is 11.7. The van der Waals surface area contributed by atoms with Crippen LogP contribution in [-0.2, 0) is 30.5 Å². The Morgan fingerprint density at radius 3 is 2.48 bits per heavy atom. The number of imide groups is 2. The number of carbonyl (C=O) groups excluding carboxylic acids is 4. The Hall–Kier alpha value is -2.59. The molecule has 0 bridgehead atoms. The molecule has 0 spiro atoms. The van der Waals surface area contributed by atoms with E-state index >= 15 is 0 Å². The molecule has 2 aliphatic rings. The fraction of sp³-hybridized carbons (Fsp3) is 0.333. The lowest BCUT2D eigenvalue weighted by Crippen LogP contribution is -2.54. The lowest BCUT2D eigenvalue weighted by atomic mass is 10.0. The second-order valence-corrected chi connectivity index (χ2v) is 7.44. The second kappa shape index (κ2) is 6.05. The Morgan fingerprint density at radius 2 is 1.84 bits per heavy atom. The predicted molar refractivity (Wildman–Crippen MR) is 82.7 cm³/mol. The summed E-state index contributed by atoms with van der Waals surface area (Å²) in [6.45, 7) is -0.272. The van der Waals surface area contributed by atoms with Gasteiger partial charge >= 0.3 is 0 Å². The lowest BCUT2D eigenvalue weighted by molar-refractivity contribution is -0.136. The van der Waals surface area contributed by atoms with Crippen molar-refractivity contribution in [3.05, 3.63) is 34.9 Å². The van der Waals surface area contributed by atoms with Gasteiger partial charge in [-0.2, -0.15) is 8.42 Å². The van der Waals surface area contributed by atoms with Crippen molar-refractivity contribution in [3.8, 4) is 0 Å². The molecular formula is C15H14N2O7S. The number of piperidine rings is 1. The van der Waals surface area contributed by atoms with E-state index in [0.717, 1.165) is 11.2 Å². The third-order valence-electron chi connectivity index (χ3n) is 3.94. The van der Waals surface area contributed by atoms with Crippen molar-refractivity contribution in [2.45, 2.75) is 25.5 Å². The summed E-state index contributed by atoms with van der Waals surface area (Å²) in [6, 6.07) is 3.19. The third kappa shape index (κ3) is 3.30. The summed E-state index contributed by atoms with van der Waals surface area (Å²) >= 11 is 0. The summed E-state index contributed by atoms with van der Waals surface area (Å²) in [5, 5.41) is 2.11. The molecule has 0 aliphatic carbocycles. The zero-order valence-electron chi connectivity index (χ0n) is 13.1. The van der Waals surface area contributed by atoms with Crippen LogP contribution in [0.1, 0.15) is 39.1 Å². The maximum Gasteiger partial charge on any atom is 0.264 e. The molecule has 1 fully saturated rings.